The first-order chi connectivity index (χ1) is 13.3. The molecule has 3 rings (SSSR count). The van der Waals surface area contributed by atoms with Gasteiger partial charge >= 0.3 is 0 Å². The highest BCUT2D eigenvalue weighted by Gasteiger charge is 2.22. The minimum atomic E-state index is 0.712. The Morgan fingerprint density at radius 1 is 1.30 bits per heavy atom. The Balaban J connectivity index is 1.39. The van der Waals surface area contributed by atoms with Crippen molar-refractivity contribution in [1.29, 1.82) is 0 Å². The van der Waals surface area contributed by atoms with Gasteiger partial charge in [-0.25, -0.2) is 4.98 Å². The Morgan fingerprint density at radius 3 is 2.96 bits per heavy atom. The number of nitrogens with one attached hydrogen (secondary N) is 2. The number of guanidine groups is 1. The topological polar surface area (TPSA) is 61.8 Å². The van der Waals surface area contributed by atoms with Crippen LogP contribution < -0.4 is 15.4 Å². The maximum Gasteiger partial charge on any atom is 0.213 e. The molecule has 27 heavy (non-hydrogen) atoms. The van der Waals surface area contributed by atoms with Crippen molar-refractivity contribution in [2.45, 2.75) is 58.0 Å². The van der Waals surface area contributed by atoms with Gasteiger partial charge in [0.25, 0.3) is 0 Å². The maximum atomic E-state index is 5.77. The molecule has 1 aliphatic carbocycles. The van der Waals surface area contributed by atoms with Crippen LogP contribution in [0, 0.1) is 5.92 Å². The smallest absolute Gasteiger partial charge is 0.213 e. The molecular weight excluding hydrogens is 338 g/mol. The van der Waals surface area contributed by atoms with Crippen LogP contribution in [0.3, 0.4) is 0 Å². The zero-order valence-corrected chi connectivity index (χ0v) is 16.9. The zero-order valence-electron chi connectivity index (χ0n) is 16.9. The highest BCUT2D eigenvalue weighted by atomic mass is 16.5. The summed E-state index contributed by atoms with van der Waals surface area (Å²) in [4.78, 5) is 11.3. The van der Waals surface area contributed by atoms with E-state index < -0.39 is 0 Å². The van der Waals surface area contributed by atoms with E-state index in [2.05, 4.69) is 32.4 Å². The van der Waals surface area contributed by atoms with Gasteiger partial charge < -0.3 is 15.4 Å². The molecule has 1 saturated heterocycles. The molecule has 1 unspecified atom stereocenters. The Morgan fingerprint density at radius 2 is 2.19 bits per heavy atom. The van der Waals surface area contributed by atoms with Crippen LogP contribution in [-0.2, 0) is 6.54 Å². The van der Waals surface area contributed by atoms with E-state index >= 15 is 0 Å². The molecule has 0 amide bonds. The summed E-state index contributed by atoms with van der Waals surface area (Å²) >= 11 is 0. The van der Waals surface area contributed by atoms with Crippen molar-refractivity contribution in [2.24, 2.45) is 10.9 Å². The molecule has 1 saturated carbocycles. The summed E-state index contributed by atoms with van der Waals surface area (Å²) < 4.78 is 5.77. The lowest BCUT2D eigenvalue weighted by Gasteiger charge is -2.35. The quantitative estimate of drug-likeness (QED) is 0.515. The van der Waals surface area contributed by atoms with Gasteiger partial charge in [0.2, 0.25) is 5.88 Å². The normalized spacial score (nSPS) is 21.1. The highest BCUT2D eigenvalue weighted by molar-refractivity contribution is 5.79. The molecule has 2 fully saturated rings. The lowest BCUT2D eigenvalue weighted by atomic mass is 10.0. The SMILES string of the molecule is CCC1CCCCN1CCNC(=NC)NCc1ccnc(OCC2CC2)c1. The Kier molecular flexibility index (Phi) is 7.75. The van der Waals surface area contributed by atoms with Crippen molar-refractivity contribution < 1.29 is 4.74 Å². The average molecular weight is 374 g/mol. The molecule has 2 aliphatic rings. The van der Waals surface area contributed by atoms with Crippen molar-refractivity contribution >= 4 is 5.96 Å². The number of ether oxygens (including phenoxy) is 1. The maximum absolute atomic E-state index is 5.77. The number of hydrogen-bond donors (Lipinski definition) is 2. The lowest BCUT2D eigenvalue weighted by Crippen LogP contribution is -2.45. The summed E-state index contributed by atoms with van der Waals surface area (Å²) in [7, 11) is 1.82. The first-order valence-corrected chi connectivity index (χ1v) is 10.5. The molecule has 1 aromatic rings. The summed E-state index contributed by atoms with van der Waals surface area (Å²) in [5.41, 5.74) is 1.15. The van der Waals surface area contributed by atoms with Crippen molar-refractivity contribution in [3.63, 3.8) is 0 Å². The zero-order chi connectivity index (χ0) is 18.9. The summed E-state index contributed by atoms with van der Waals surface area (Å²) in [6.45, 7) is 7.03. The van der Waals surface area contributed by atoms with Crippen LogP contribution in [0.4, 0.5) is 0 Å². The van der Waals surface area contributed by atoms with E-state index in [1.54, 1.807) is 0 Å². The van der Waals surface area contributed by atoms with Crippen LogP contribution in [0.25, 0.3) is 0 Å². The molecule has 6 heteroatoms. The molecule has 0 spiro atoms. The average Bonchev–Trinajstić information content (AvgIpc) is 3.54. The molecule has 150 valence electrons. The van der Waals surface area contributed by atoms with Crippen molar-refractivity contribution in [3.8, 4) is 5.88 Å². The van der Waals surface area contributed by atoms with Gasteiger partial charge in [0.05, 0.1) is 6.61 Å². The number of pyridine rings is 1. The molecule has 2 heterocycles. The van der Waals surface area contributed by atoms with Crippen molar-refractivity contribution in [2.75, 3.05) is 33.3 Å². The van der Waals surface area contributed by atoms with Gasteiger partial charge in [0.15, 0.2) is 5.96 Å². The second-order valence-corrected chi connectivity index (χ2v) is 7.70. The van der Waals surface area contributed by atoms with E-state index in [-0.39, 0.29) is 0 Å². The van der Waals surface area contributed by atoms with Crippen LogP contribution in [0.1, 0.15) is 51.0 Å². The van der Waals surface area contributed by atoms with Gasteiger partial charge in [-0.1, -0.05) is 13.3 Å². The summed E-state index contributed by atoms with van der Waals surface area (Å²) in [6.07, 6.45) is 9.70. The molecule has 1 atom stereocenters. The second kappa shape index (κ2) is 10.5. The van der Waals surface area contributed by atoms with Crippen LogP contribution in [0.2, 0.25) is 0 Å². The Bertz CT molecular complexity index is 602. The predicted octanol–water partition coefficient (Wildman–Crippen LogP) is 2.80. The molecule has 0 aromatic carbocycles. The first-order valence-electron chi connectivity index (χ1n) is 10.5. The number of likely N-dealkylation sites (tertiary alicyclic amines) is 1. The van der Waals surface area contributed by atoms with E-state index in [9.17, 15) is 0 Å². The summed E-state index contributed by atoms with van der Waals surface area (Å²) in [5.74, 6) is 2.31. The van der Waals surface area contributed by atoms with Crippen LogP contribution in [0.5, 0.6) is 5.88 Å². The molecule has 1 aromatic heterocycles. The molecule has 0 radical (unpaired) electrons. The Labute approximate surface area is 163 Å². The third-order valence-electron chi connectivity index (χ3n) is 5.56. The fourth-order valence-electron chi connectivity index (χ4n) is 3.67. The van der Waals surface area contributed by atoms with Gasteiger partial charge in [-0.05, 0) is 56.2 Å². The number of rotatable bonds is 9. The van der Waals surface area contributed by atoms with Crippen LogP contribution >= 0.6 is 0 Å². The number of hydrogen-bond acceptors (Lipinski definition) is 4. The summed E-state index contributed by atoms with van der Waals surface area (Å²) in [6, 6.07) is 4.79. The number of nitrogens with zero attached hydrogens (tertiary/aromatic N) is 3. The molecule has 2 N–H and O–H groups in total. The molecule has 1 aliphatic heterocycles. The van der Waals surface area contributed by atoms with E-state index in [0.717, 1.165) is 49.1 Å². The second-order valence-electron chi connectivity index (χ2n) is 7.70. The third-order valence-corrected chi connectivity index (χ3v) is 5.56. The minimum absolute atomic E-state index is 0.712. The van der Waals surface area contributed by atoms with E-state index in [4.69, 9.17) is 4.74 Å². The third kappa shape index (κ3) is 6.69. The van der Waals surface area contributed by atoms with Crippen molar-refractivity contribution in [3.05, 3.63) is 23.9 Å². The molecule has 0 bridgehead atoms. The van der Waals surface area contributed by atoms with Gasteiger partial charge in [0, 0.05) is 45.0 Å². The highest BCUT2D eigenvalue weighted by Crippen LogP contribution is 2.29. The minimum Gasteiger partial charge on any atom is -0.477 e. The Hall–Kier alpha value is -1.82. The molecular formula is C21H35N5O. The van der Waals surface area contributed by atoms with Gasteiger partial charge in [-0.3, -0.25) is 9.89 Å². The van der Waals surface area contributed by atoms with Gasteiger partial charge in [-0.15, -0.1) is 0 Å². The van der Waals surface area contributed by atoms with E-state index in [0.29, 0.717) is 6.54 Å². The predicted molar refractivity (Wildman–Crippen MR) is 110 cm³/mol. The largest absolute Gasteiger partial charge is 0.477 e. The molecule has 6 nitrogen and oxygen atoms in total. The van der Waals surface area contributed by atoms with Crippen LogP contribution in [0.15, 0.2) is 23.3 Å². The van der Waals surface area contributed by atoms with Crippen LogP contribution in [-0.4, -0.2) is 55.2 Å². The van der Waals surface area contributed by atoms with E-state index in [1.165, 1.54) is 45.1 Å². The number of aliphatic imine (C=N–C) groups is 1. The standard InChI is InChI=1S/C21H35N5O/c1-3-19-6-4-5-12-26(19)13-11-24-21(22-2)25-15-18-9-10-23-20(14-18)27-16-17-7-8-17/h9-10,14,17,19H,3-8,11-13,15-16H2,1-2H3,(H2,22,24,25). The number of piperidine rings is 1. The first kappa shape index (κ1) is 19.9. The fourth-order valence-corrected chi connectivity index (χ4v) is 3.67. The monoisotopic (exact) mass is 373 g/mol. The van der Waals surface area contributed by atoms with Gasteiger partial charge in [-0.2, -0.15) is 0 Å². The fraction of sp³-hybridized carbons (Fsp3) is 0.714. The van der Waals surface area contributed by atoms with Crippen molar-refractivity contribution in [1.82, 2.24) is 20.5 Å². The van der Waals surface area contributed by atoms with Gasteiger partial charge in [0.1, 0.15) is 0 Å². The van der Waals surface area contributed by atoms with E-state index in [1.807, 2.05) is 25.4 Å². The number of aromatic nitrogens is 1. The summed E-state index contributed by atoms with van der Waals surface area (Å²) in [5, 5.41) is 6.84. The lowest BCUT2D eigenvalue weighted by molar-refractivity contribution is 0.147.